The van der Waals surface area contributed by atoms with Crippen LogP contribution in [0.25, 0.3) is 11.1 Å². The van der Waals surface area contributed by atoms with Crippen molar-refractivity contribution in [3.63, 3.8) is 0 Å². The second-order valence-corrected chi connectivity index (χ2v) is 8.22. The highest BCUT2D eigenvalue weighted by Gasteiger charge is 2.50. The summed E-state index contributed by atoms with van der Waals surface area (Å²) in [4.78, 5) is 15.2. The molecular weight excluding hydrogens is 400 g/mol. The molecule has 0 aliphatic carbocycles. The van der Waals surface area contributed by atoms with Crippen molar-refractivity contribution in [1.82, 2.24) is 4.98 Å². The molecule has 0 saturated carbocycles. The maximum Gasteiger partial charge on any atom is 0.229 e. The normalized spacial score (nSPS) is 25.2. The lowest BCUT2D eigenvalue weighted by Gasteiger charge is -2.46. The molecule has 31 heavy (non-hydrogen) atoms. The number of pyridine rings is 1. The van der Waals surface area contributed by atoms with Crippen molar-refractivity contribution in [2.24, 2.45) is 5.73 Å². The van der Waals surface area contributed by atoms with E-state index in [-0.39, 0.29) is 5.91 Å². The monoisotopic (exact) mass is 430 g/mol. The molecule has 3 rings (SSSR count). The summed E-state index contributed by atoms with van der Waals surface area (Å²) < 4.78 is 17.2. The first-order valence-corrected chi connectivity index (χ1v) is 10.3. The molecular formula is C23H30N2O6. The highest BCUT2D eigenvalue weighted by atomic mass is 16.7. The maximum atomic E-state index is 11.1. The topological polar surface area (TPSA) is 124 Å². The lowest BCUT2D eigenvalue weighted by atomic mass is 9.89. The zero-order valence-corrected chi connectivity index (χ0v) is 18.0. The van der Waals surface area contributed by atoms with E-state index in [1.54, 1.807) is 32.3 Å². The number of aromatic nitrogens is 1. The number of aliphatic hydroxyl groups excluding tert-OH is 2. The van der Waals surface area contributed by atoms with Gasteiger partial charge in [-0.1, -0.05) is 6.07 Å². The molecule has 168 valence electrons. The van der Waals surface area contributed by atoms with Crippen molar-refractivity contribution in [3.8, 4) is 16.9 Å². The predicted octanol–water partition coefficient (Wildman–Crippen LogP) is 1.81. The van der Waals surface area contributed by atoms with E-state index in [9.17, 15) is 15.0 Å². The quantitative estimate of drug-likeness (QED) is 0.583. The number of nitrogens with two attached hydrogens (primary N) is 1. The summed E-state index contributed by atoms with van der Waals surface area (Å²) in [6.07, 6.45) is 0.821. The van der Waals surface area contributed by atoms with Gasteiger partial charge in [0.05, 0.1) is 5.60 Å². The Balaban J connectivity index is 1.86. The first-order valence-electron chi connectivity index (χ1n) is 10.3. The highest BCUT2D eigenvalue weighted by Crippen LogP contribution is 2.34. The molecule has 2 heterocycles. The summed E-state index contributed by atoms with van der Waals surface area (Å²) in [6.45, 7) is 3.55. The fourth-order valence-corrected chi connectivity index (χ4v) is 3.94. The number of amides is 1. The van der Waals surface area contributed by atoms with Gasteiger partial charge >= 0.3 is 0 Å². The molecule has 1 aliphatic heterocycles. The second-order valence-electron chi connectivity index (χ2n) is 8.22. The Labute approximate surface area is 182 Å². The van der Waals surface area contributed by atoms with Crippen LogP contribution in [0.4, 0.5) is 0 Å². The minimum absolute atomic E-state index is 0.309. The largest absolute Gasteiger partial charge is 0.462 e. The zero-order valence-electron chi connectivity index (χ0n) is 18.0. The number of ether oxygens (including phenoxy) is 3. The molecule has 0 bridgehead atoms. The number of carbonyl (C=O) groups excluding carboxylic acids is 1. The van der Waals surface area contributed by atoms with Gasteiger partial charge in [-0.3, -0.25) is 9.78 Å². The fraction of sp³-hybridized carbons (Fsp3) is 0.478. The molecule has 0 spiro atoms. The summed E-state index contributed by atoms with van der Waals surface area (Å²) in [5.74, 6) is 0.151. The average molecular weight is 431 g/mol. The lowest BCUT2D eigenvalue weighted by molar-refractivity contribution is -0.305. The van der Waals surface area contributed by atoms with E-state index in [2.05, 4.69) is 4.98 Å². The van der Waals surface area contributed by atoms with Crippen LogP contribution in [0, 0.1) is 0 Å². The Kier molecular flexibility index (Phi) is 7.27. The minimum Gasteiger partial charge on any atom is -0.462 e. The number of carbonyl (C=O) groups is 1. The maximum absolute atomic E-state index is 11.1. The van der Waals surface area contributed by atoms with E-state index in [1.165, 1.54) is 7.11 Å². The number of hydrogen-bond acceptors (Lipinski definition) is 7. The average Bonchev–Trinajstić information content (AvgIpc) is 2.73. The van der Waals surface area contributed by atoms with Crippen LogP contribution in [0.2, 0.25) is 0 Å². The van der Waals surface area contributed by atoms with Crippen molar-refractivity contribution < 1.29 is 29.2 Å². The summed E-state index contributed by atoms with van der Waals surface area (Å²) >= 11 is 0. The molecule has 0 radical (unpaired) electrons. The molecule has 1 unspecified atom stereocenters. The number of nitrogens with zero attached hydrogens (tertiary/aromatic N) is 1. The number of aryl methyl sites for hydroxylation is 1. The summed E-state index contributed by atoms with van der Waals surface area (Å²) in [7, 11) is 1.46. The van der Waals surface area contributed by atoms with E-state index in [4.69, 9.17) is 19.9 Å². The van der Waals surface area contributed by atoms with Crippen LogP contribution < -0.4 is 10.5 Å². The van der Waals surface area contributed by atoms with E-state index < -0.39 is 30.2 Å². The lowest BCUT2D eigenvalue weighted by Crippen LogP contribution is -2.63. The summed E-state index contributed by atoms with van der Waals surface area (Å²) in [5.41, 5.74) is 7.30. The van der Waals surface area contributed by atoms with Gasteiger partial charge in [0.2, 0.25) is 12.2 Å². The third kappa shape index (κ3) is 5.40. The molecule has 1 aromatic carbocycles. The van der Waals surface area contributed by atoms with E-state index in [0.29, 0.717) is 25.0 Å². The molecule has 1 fully saturated rings. The minimum atomic E-state index is -1.28. The molecule has 1 aliphatic rings. The Hall–Kier alpha value is -2.52. The van der Waals surface area contributed by atoms with Crippen molar-refractivity contribution in [3.05, 3.63) is 48.3 Å². The number of methoxy groups -OCH3 is 1. The second kappa shape index (κ2) is 9.74. The molecule has 1 amide bonds. The number of rotatable bonds is 8. The van der Waals surface area contributed by atoms with Crippen LogP contribution in [0.1, 0.15) is 32.3 Å². The van der Waals surface area contributed by atoms with Gasteiger partial charge in [0.1, 0.15) is 24.1 Å². The van der Waals surface area contributed by atoms with Gasteiger partial charge in [0.25, 0.3) is 0 Å². The number of hydrogen-bond donors (Lipinski definition) is 3. The fourth-order valence-electron chi connectivity index (χ4n) is 3.94. The van der Waals surface area contributed by atoms with E-state index in [0.717, 1.165) is 16.7 Å². The Morgan fingerprint density at radius 3 is 2.55 bits per heavy atom. The van der Waals surface area contributed by atoms with E-state index in [1.807, 2.05) is 24.3 Å². The number of primary amides is 1. The van der Waals surface area contributed by atoms with Crippen molar-refractivity contribution in [2.75, 3.05) is 7.11 Å². The number of benzene rings is 1. The Morgan fingerprint density at radius 1 is 1.19 bits per heavy atom. The third-order valence-electron chi connectivity index (χ3n) is 5.49. The highest BCUT2D eigenvalue weighted by molar-refractivity contribution is 5.74. The van der Waals surface area contributed by atoms with Crippen LogP contribution in [0.3, 0.4) is 0 Å². The predicted molar refractivity (Wildman–Crippen MR) is 114 cm³/mol. The molecule has 8 nitrogen and oxygen atoms in total. The Morgan fingerprint density at radius 2 is 1.90 bits per heavy atom. The molecule has 4 atom stereocenters. The summed E-state index contributed by atoms with van der Waals surface area (Å²) in [6, 6.07) is 9.33. The SMILES string of the molecule is CO[C@@H]1[C@@H](O)[C@@H](O)C(Oc2ccc(CCCC(N)=O)c(-c3ccncc3)c2)OC1(C)C. The van der Waals surface area contributed by atoms with Crippen LogP contribution in [-0.2, 0) is 20.7 Å². The summed E-state index contributed by atoms with van der Waals surface area (Å²) in [5, 5.41) is 21.0. The van der Waals surface area contributed by atoms with Gasteiger partial charge < -0.3 is 30.2 Å². The Bertz CT molecular complexity index is 889. The molecule has 4 N–H and O–H groups in total. The smallest absolute Gasteiger partial charge is 0.229 e. The third-order valence-corrected chi connectivity index (χ3v) is 5.49. The van der Waals surface area contributed by atoms with Gasteiger partial charge in [-0.05, 0) is 67.6 Å². The van der Waals surface area contributed by atoms with Crippen LogP contribution >= 0.6 is 0 Å². The first kappa shape index (κ1) is 23.1. The van der Waals surface area contributed by atoms with Crippen molar-refractivity contribution in [2.45, 2.75) is 63.3 Å². The van der Waals surface area contributed by atoms with Gasteiger partial charge in [-0.2, -0.15) is 0 Å². The molecule has 1 saturated heterocycles. The van der Waals surface area contributed by atoms with Gasteiger partial charge in [-0.15, -0.1) is 0 Å². The van der Waals surface area contributed by atoms with Crippen molar-refractivity contribution in [1.29, 1.82) is 0 Å². The van der Waals surface area contributed by atoms with E-state index >= 15 is 0 Å². The molecule has 1 aromatic heterocycles. The van der Waals surface area contributed by atoms with Crippen LogP contribution in [0.5, 0.6) is 5.75 Å². The van der Waals surface area contributed by atoms with Gasteiger partial charge in [0, 0.05) is 25.9 Å². The van der Waals surface area contributed by atoms with Crippen LogP contribution in [-0.4, -0.2) is 58.4 Å². The molecule has 2 aromatic rings. The van der Waals surface area contributed by atoms with Crippen molar-refractivity contribution >= 4 is 5.91 Å². The van der Waals surface area contributed by atoms with Gasteiger partial charge in [-0.25, -0.2) is 0 Å². The standard InChI is InChI=1S/C23H30N2O6/c1-23(2)21(29-3)19(27)20(28)22(31-23)30-16-8-7-14(5-4-6-18(24)26)17(13-16)15-9-11-25-12-10-15/h7-13,19-22,27-28H,4-6H2,1-3H3,(H2,24,26)/t19-,20+,21+,22?/m0/s1. The van der Waals surface area contributed by atoms with Crippen LogP contribution in [0.15, 0.2) is 42.7 Å². The number of aliphatic hydroxyl groups is 2. The van der Waals surface area contributed by atoms with Gasteiger partial charge in [0.15, 0.2) is 0 Å². The first-order chi connectivity index (χ1) is 14.7. The zero-order chi connectivity index (χ0) is 22.6. The molecule has 8 heteroatoms.